The molecule has 0 heterocycles. The van der Waals surface area contributed by atoms with Gasteiger partial charge in [-0.15, -0.1) is 0 Å². The van der Waals surface area contributed by atoms with E-state index in [0.29, 0.717) is 12.0 Å². The van der Waals surface area contributed by atoms with Gasteiger partial charge in [0.1, 0.15) is 5.82 Å². The average molecular weight is 349 g/mol. The van der Waals surface area contributed by atoms with E-state index in [1.807, 2.05) is 6.07 Å². The number of hydrogen-bond donors (Lipinski definition) is 1. The third-order valence-corrected chi connectivity index (χ3v) is 5.12. The molecule has 1 N–H and O–H groups in total. The summed E-state index contributed by atoms with van der Waals surface area (Å²) in [5, 5.41) is 2.66. The van der Waals surface area contributed by atoms with Crippen LogP contribution in [0, 0.1) is 5.82 Å². The second-order valence-electron chi connectivity index (χ2n) is 5.59. The fraction of sp³-hybridized carbons (Fsp3) is 0.278. The first-order chi connectivity index (χ1) is 11.4. The molecule has 6 heteroatoms. The van der Waals surface area contributed by atoms with Gasteiger partial charge in [-0.2, -0.15) is 0 Å². The zero-order chi connectivity index (χ0) is 17.4. The molecule has 4 nitrogen and oxygen atoms in total. The Hall–Kier alpha value is -2.21. The lowest BCUT2D eigenvalue weighted by molar-refractivity contribution is -0.120. The predicted molar refractivity (Wildman–Crippen MR) is 91.7 cm³/mol. The highest BCUT2D eigenvalue weighted by Gasteiger charge is 2.12. The summed E-state index contributed by atoms with van der Waals surface area (Å²) in [6, 6.07) is 14.8. The van der Waals surface area contributed by atoms with Crippen molar-refractivity contribution in [3.05, 3.63) is 71.5 Å². The van der Waals surface area contributed by atoms with Gasteiger partial charge in [0.15, 0.2) is 9.84 Å². The van der Waals surface area contributed by atoms with E-state index in [4.69, 9.17) is 0 Å². The van der Waals surface area contributed by atoms with Crippen molar-refractivity contribution in [2.24, 2.45) is 0 Å². The Morgan fingerprint density at radius 1 is 1.00 bits per heavy atom. The molecule has 0 bridgehead atoms. The van der Waals surface area contributed by atoms with E-state index in [1.165, 1.54) is 12.1 Å². The molecule has 2 aromatic carbocycles. The minimum Gasteiger partial charge on any atom is -0.356 e. The Morgan fingerprint density at radius 3 is 2.42 bits per heavy atom. The molecule has 24 heavy (non-hydrogen) atoms. The Labute approximate surface area is 141 Å². The van der Waals surface area contributed by atoms with E-state index < -0.39 is 9.84 Å². The number of nitrogens with one attached hydrogen (secondary N) is 1. The van der Waals surface area contributed by atoms with Crippen LogP contribution in [0.4, 0.5) is 4.39 Å². The monoisotopic (exact) mass is 349 g/mol. The maximum atomic E-state index is 13.0. The molecule has 0 fully saturated rings. The smallest absolute Gasteiger partial charge is 0.224 e. The van der Waals surface area contributed by atoms with Gasteiger partial charge in [0, 0.05) is 6.54 Å². The molecule has 2 aromatic rings. The van der Waals surface area contributed by atoms with Crippen LogP contribution >= 0.6 is 0 Å². The molecule has 0 aliphatic heterocycles. The second kappa shape index (κ2) is 8.59. The lowest BCUT2D eigenvalue weighted by Gasteiger charge is -2.07. The number of halogens is 1. The van der Waals surface area contributed by atoms with Crippen molar-refractivity contribution in [2.75, 3.05) is 12.3 Å². The first-order valence-corrected chi connectivity index (χ1v) is 9.52. The average Bonchev–Trinajstić information content (AvgIpc) is 2.52. The summed E-state index contributed by atoms with van der Waals surface area (Å²) in [5.74, 6) is -0.610. The molecular weight excluding hydrogens is 329 g/mol. The van der Waals surface area contributed by atoms with Gasteiger partial charge < -0.3 is 5.32 Å². The highest BCUT2D eigenvalue weighted by molar-refractivity contribution is 7.90. The van der Waals surface area contributed by atoms with Crippen LogP contribution in [0.1, 0.15) is 17.5 Å². The summed E-state index contributed by atoms with van der Waals surface area (Å²) in [5.41, 5.74) is 1.34. The molecule has 0 atom stereocenters. The Kier molecular flexibility index (Phi) is 6.49. The number of hydrogen-bond acceptors (Lipinski definition) is 3. The number of carbonyl (C=O) groups is 1. The molecule has 128 valence electrons. The maximum absolute atomic E-state index is 13.0. The van der Waals surface area contributed by atoms with Gasteiger partial charge in [-0.1, -0.05) is 42.5 Å². The van der Waals surface area contributed by atoms with E-state index in [1.54, 1.807) is 36.4 Å². The van der Waals surface area contributed by atoms with Crippen molar-refractivity contribution >= 4 is 15.7 Å². The summed E-state index contributed by atoms with van der Waals surface area (Å²) in [4.78, 5) is 11.8. The highest BCUT2D eigenvalue weighted by atomic mass is 32.2. The summed E-state index contributed by atoms with van der Waals surface area (Å²) in [6.07, 6.45) is 0.429. The van der Waals surface area contributed by atoms with Crippen molar-refractivity contribution in [1.29, 1.82) is 0 Å². The zero-order valence-electron chi connectivity index (χ0n) is 13.2. The molecule has 2 rings (SSSR count). The van der Waals surface area contributed by atoms with E-state index in [9.17, 15) is 17.6 Å². The molecule has 0 spiro atoms. The summed E-state index contributed by atoms with van der Waals surface area (Å²) < 4.78 is 37.1. The normalized spacial score (nSPS) is 11.2. The van der Waals surface area contributed by atoms with Crippen LogP contribution in [-0.2, 0) is 26.8 Å². The Balaban J connectivity index is 1.71. The van der Waals surface area contributed by atoms with Gasteiger partial charge in [0.2, 0.25) is 5.91 Å². The quantitative estimate of drug-likeness (QED) is 0.745. The van der Waals surface area contributed by atoms with Gasteiger partial charge in [-0.05, 0) is 29.7 Å². The molecule has 0 aliphatic carbocycles. The molecule has 0 aliphatic rings. The van der Waals surface area contributed by atoms with Gasteiger partial charge in [-0.25, -0.2) is 12.8 Å². The molecule has 0 unspecified atom stereocenters. The SMILES string of the molecule is O=C(Cc1cccc(F)c1)NCCCS(=O)(=O)Cc1ccccc1. The summed E-state index contributed by atoms with van der Waals surface area (Å²) in [7, 11) is -3.20. The zero-order valence-corrected chi connectivity index (χ0v) is 14.1. The minimum absolute atomic E-state index is 0.00504. The van der Waals surface area contributed by atoms with E-state index in [-0.39, 0.29) is 36.2 Å². The van der Waals surface area contributed by atoms with Gasteiger partial charge >= 0.3 is 0 Å². The van der Waals surface area contributed by atoms with Crippen LogP contribution < -0.4 is 5.32 Å². The molecular formula is C18H20FNO3S. The highest BCUT2D eigenvalue weighted by Crippen LogP contribution is 2.07. The van der Waals surface area contributed by atoms with Gasteiger partial charge in [0.25, 0.3) is 0 Å². The van der Waals surface area contributed by atoms with Crippen molar-refractivity contribution in [3.8, 4) is 0 Å². The number of benzene rings is 2. The molecule has 1 amide bonds. The van der Waals surface area contributed by atoms with Crippen LogP contribution in [0.15, 0.2) is 54.6 Å². The van der Waals surface area contributed by atoms with Crippen molar-refractivity contribution < 1.29 is 17.6 Å². The Morgan fingerprint density at radius 2 is 1.71 bits per heavy atom. The number of sulfone groups is 1. The third kappa shape index (κ3) is 6.50. The number of rotatable bonds is 8. The fourth-order valence-electron chi connectivity index (χ4n) is 2.32. The van der Waals surface area contributed by atoms with Crippen molar-refractivity contribution in [2.45, 2.75) is 18.6 Å². The number of carbonyl (C=O) groups excluding carboxylic acids is 1. The van der Waals surface area contributed by atoms with Gasteiger partial charge in [-0.3, -0.25) is 4.79 Å². The lowest BCUT2D eigenvalue weighted by Crippen LogP contribution is -2.27. The molecule has 0 saturated heterocycles. The van der Waals surface area contributed by atoms with Crippen LogP contribution in [0.2, 0.25) is 0 Å². The largest absolute Gasteiger partial charge is 0.356 e. The minimum atomic E-state index is -3.20. The first kappa shape index (κ1) is 18.1. The molecule has 0 aromatic heterocycles. The Bertz CT molecular complexity index is 776. The lowest BCUT2D eigenvalue weighted by atomic mass is 10.1. The fourth-order valence-corrected chi connectivity index (χ4v) is 3.74. The van der Waals surface area contributed by atoms with Crippen LogP contribution in [0.25, 0.3) is 0 Å². The third-order valence-electron chi connectivity index (χ3n) is 3.44. The summed E-state index contributed by atoms with van der Waals surface area (Å²) in [6.45, 7) is 0.280. The van der Waals surface area contributed by atoms with Crippen molar-refractivity contribution in [1.82, 2.24) is 5.32 Å². The van der Waals surface area contributed by atoms with Crippen LogP contribution in [0.5, 0.6) is 0 Å². The summed E-state index contributed by atoms with van der Waals surface area (Å²) >= 11 is 0. The molecule has 0 saturated carbocycles. The van der Waals surface area contributed by atoms with Gasteiger partial charge in [0.05, 0.1) is 17.9 Å². The van der Waals surface area contributed by atoms with E-state index in [0.717, 1.165) is 5.56 Å². The standard InChI is InChI=1S/C18H20FNO3S/c19-17-9-4-8-16(12-17)13-18(21)20-10-5-11-24(22,23)14-15-6-2-1-3-7-15/h1-4,6-9,12H,5,10-11,13-14H2,(H,20,21). The number of amides is 1. The predicted octanol–water partition coefficient (Wildman–Crippen LogP) is 2.49. The molecule has 0 radical (unpaired) electrons. The van der Waals surface area contributed by atoms with E-state index >= 15 is 0 Å². The van der Waals surface area contributed by atoms with E-state index in [2.05, 4.69) is 5.32 Å². The van der Waals surface area contributed by atoms with Crippen LogP contribution in [0.3, 0.4) is 0 Å². The van der Waals surface area contributed by atoms with Crippen molar-refractivity contribution in [3.63, 3.8) is 0 Å². The maximum Gasteiger partial charge on any atom is 0.224 e. The first-order valence-electron chi connectivity index (χ1n) is 7.70. The topological polar surface area (TPSA) is 63.2 Å². The second-order valence-corrected chi connectivity index (χ2v) is 7.77. The van der Waals surface area contributed by atoms with Crippen LogP contribution in [-0.4, -0.2) is 26.6 Å².